The number of ether oxygens (including phenoxy) is 1. The van der Waals surface area contributed by atoms with Gasteiger partial charge in [-0.3, -0.25) is 24.5 Å². The minimum absolute atomic E-state index is 0.0229. The van der Waals surface area contributed by atoms with Crippen LogP contribution in [0.5, 0.6) is 0 Å². The highest BCUT2D eigenvalue weighted by atomic mass is 16.6. The fourth-order valence-corrected chi connectivity index (χ4v) is 3.43. The smallest absolute Gasteiger partial charge is 0.337 e. The Labute approximate surface area is 181 Å². The first-order valence-corrected chi connectivity index (χ1v) is 9.32. The third kappa shape index (κ3) is 3.41. The number of nitrogens with zero attached hydrogens (tertiary/aromatic N) is 2. The van der Waals surface area contributed by atoms with Gasteiger partial charge in [-0.2, -0.15) is 0 Å². The molecule has 9 nitrogen and oxygen atoms in total. The quantitative estimate of drug-likeness (QED) is 0.200. The molecular weight excluding hydrogens is 416 g/mol. The number of anilines is 1. The third-order valence-electron chi connectivity index (χ3n) is 4.99. The van der Waals surface area contributed by atoms with Crippen molar-refractivity contribution in [3.05, 3.63) is 105 Å². The molecule has 9 heteroatoms. The Bertz CT molecular complexity index is 1330. The van der Waals surface area contributed by atoms with Gasteiger partial charge in [0.25, 0.3) is 17.5 Å². The predicted octanol–water partition coefficient (Wildman–Crippen LogP) is 3.41. The summed E-state index contributed by atoms with van der Waals surface area (Å²) >= 11 is 0. The molecule has 3 aromatic carbocycles. The second kappa shape index (κ2) is 7.88. The van der Waals surface area contributed by atoms with E-state index in [0.29, 0.717) is 0 Å². The van der Waals surface area contributed by atoms with Crippen molar-refractivity contribution in [2.24, 2.45) is 0 Å². The van der Waals surface area contributed by atoms with Gasteiger partial charge in [0.15, 0.2) is 5.78 Å². The molecule has 1 heterocycles. The molecule has 0 radical (unpaired) electrons. The number of benzene rings is 3. The van der Waals surface area contributed by atoms with Gasteiger partial charge < -0.3 is 4.74 Å². The number of hydrogen-bond donors (Lipinski definition) is 0. The Balaban J connectivity index is 1.69. The Kier molecular flexibility index (Phi) is 5.07. The summed E-state index contributed by atoms with van der Waals surface area (Å²) in [6.07, 6.45) is 0. The number of carbonyl (C=O) groups excluding carboxylic acids is 4. The van der Waals surface area contributed by atoms with E-state index in [-0.39, 0.29) is 39.2 Å². The minimum Gasteiger partial charge on any atom is -0.465 e. The van der Waals surface area contributed by atoms with Crippen molar-refractivity contribution in [3.8, 4) is 0 Å². The molecule has 158 valence electrons. The summed E-state index contributed by atoms with van der Waals surface area (Å²) in [4.78, 5) is 61.8. The average Bonchev–Trinajstić information content (AvgIpc) is 3.07. The van der Waals surface area contributed by atoms with Crippen LogP contribution in [0.15, 0.2) is 66.7 Å². The molecule has 32 heavy (non-hydrogen) atoms. The summed E-state index contributed by atoms with van der Waals surface area (Å²) < 4.78 is 4.67. The van der Waals surface area contributed by atoms with Gasteiger partial charge in [-0.1, -0.05) is 24.3 Å². The number of non-ortho nitro benzene ring substituents is 1. The molecule has 4 rings (SSSR count). The molecule has 0 saturated carbocycles. The molecule has 0 fully saturated rings. The number of ketones is 1. The zero-order valence-corrected chi connectivity index (χ0v) is 16.6. The van der Waals surface area contributed by atoms with Crippen LogP contribution in [0, 0.1) is 10.1 Å². The molecule has 0 spiro atoms. The average molecular weight is 430 g/mol. The number of esters is 1. The van der Waals surface area contributed by atoms with Crippen molar-refractivity contribution in [3.63, 3.8) is 0 Å². The third-order valence-corrected chi connectivity index (χ3v) is 4.99. The van der Waals surface area contributed by atoms with Crippen LogP contribution in [0.4, 0.5) is 11.4 Å². The lowest BCUT2D eigenvalue weighted by atomic mass is 9.99. The minimum atomic E-state index is -0.652. The standard InChI is InChI=1S/C23H14N2O7/c1-32-23(29)15-5-3-6-16(11-15)24-21(27)18-9-8-14(12-19(18)22(24)28)20(26)13-4-2-7-17(10-13)25(30)31/h2-12H,1H3. The molecule has 0 unspecified atom stereocenters. The summed E-state index contributed by atoms with van der Waals surface area (Å²) in [6.45, 7) is 0. The van der Waals surface area contributed by atoms with Gasteiger partial charge >= 0.3 is 5.97 Å². The number of methoxy groups -OCH3 is 1. The highest BCUT2D eigenvalue weighted by Crippen LogP contribution is 2.30. The lowest BCUT2D eigenvalue weighted by Crippen LogP contribution is -2.29. The summed E-state index contributed by atoms with van der Waals surface area (Å²) in [5.41, 5.74) is 0.437. The fraction of sp³-hybridized carbons (Fsp3) is 0.0435. The molecule has 0 aliphatic carbocycles. The molecule has 0 N–H and O–H groups in total. The van der Waals surface area contributed by atoms with Crippen LogP contribution in [-0.4, -0.2) is 35.6 Å². The van der Waals surface area contributed by atoms with Gasteiger partial charge in [0, 0.05) is 23.3 Å². The largest absolute Gasteiger partial charge is 0.465 e. The normalized spacial score (nSPS) is 12.5. The van der Waals surface area contributed by atoms with Crippen molar-refractivity contribution in [1.29, 1.82) is 0 Å². The molecule has 3 aromatic rings. The van der Waals surface area contributed by atoms with E-state index in [1.54, 1.807) is 0 Å². The highest BCUT2D eigenvalue weighted by molar-refractivity contribution is 6.35. The molecule has 1 aliphatic heterocycles. The van der Waals surface area contributed by atoms with Crippen molar-refractivity contribution in [2.75, 3.05) is 12.0 Å². The van der Waals surface area contributed by atoms with E-state index in [1.165, 1.54) is 67.8 Å². The number of nitro benzene ring substituents is 1. The number of fused-ring (bicyclic) bond motifs is 1. The Morgan fingerprint density at radius 2 is 1.50 bits per heavy atom. The number of nitro groups is 1. The number of rotatable bonds is 5. The maximum Gasteiger partial charge on any atom is 0.337 e. The van der Waals surface area contributed by atoms with Gasteiger partial charge in [-0.25, -0.2) is 9.69 Å². The van der Waals surface area contributed by atoms with E-state index in [0.717, 1.165) is 11.0 Å². The van der Waals surface area contributed by atoms with E-state index in [1.807, 2.05) is 0 Å². The van der Waals surface area contributed by atoms with Crippen molar-refractivity contribution >= 4 is 34.9 Å². The van der Waals surface area contributed by atoms with Crippen LogP contribution in [0.2, 0.25) is 0 Å². The maximum atomic E-state index is 13.0. The summed E-state index contributed by atoms with van der Waals surface area (Å²) in [5, 5.41) is 11.0. The Hall–Kier alpha value is -4.66. The van der Waals surface area contributed by atoms with Crippen LogP contribution in [-0.2, 0) is 4.74 Å². The lowest BCUT2D eigenvalue weighted by molar-refractivity contribution is -0.384. The number of amides is 2. The van der Waals surface area contributed by atoms with Gasteiger partial charge in [0.05, 0.1) is 34.4 Å². The van der Waals surface area contributed by atoms with Crippen LogP contribution in [0.1, 0.15) is 47.0 Å². The van der Waals surface area contributed by atoms with Crippen molar-refractivity contribution in [1.82, 2.24) is 0 Å². The molecule has 2 amide bonds. The topological polar surface area (TPSA) is 124 Å². The lowest BCUT2D eigenvalue weighted by Gasteiger charge is -2.14. The van der Waals surface area contributed by atoms with Crippen LogP contribution in [0.25, 0.3) is 0 Å². The van der Waals surface area contributed by atoms with Gasteiger partial charge in [-0.05, 0) is 30.3 Å². The van der Waals surface area contributed by atoms with Crippen LogP contribution < -0.4 is 4.90 Å². The fourth-order valence-electron chi connectivity index (χ4n) is 3.43. The molecular formula is C23H14N2O7. The monoisotopic (exact) mass is 430 g/mol. The summed E-state index contributed by atoms with van der Waals surface area (Å²) in [5.74, 6) is -2.39. The maximum absolute atomic E-state index is 13.0. The molecule has 1 aliphatic rings. The van der Waals surface area contributed by atoms with E-state index in [4.69, 9.17) is 0 Å². The number of hydrogen-bond acceptors (Lipinski definition) is 7. The Morgan fingerprint density at radius 3 is 2.22 bits per heavy atom. The number of carbonyl (C=O) groups is 4. The van der Waals surface area contributed by atoms with Gasteiger partial charge in [0.2, 0.25) is 0 Å². The van der Waals surface area contributed by atoms with E-state index >= 15 is 0 Å². The highest BCUT2D eigenvalue weighted by Gasteiger charge is 2.37. The first-order valence-electron chi connectivity index (χ1n) is 9.32. The van der Waals surface area contributed by atoms with Gasteiger partial charge in [0.1, 0.15) is 0 Å². The van der Waals surface area contributed by atoms with E-state index < -0.39 is 28.5 Å². The summed E-state index contributed by atoms with van der Waals surface area (Å²) in [7, 11) is 1.22. The molecule has 0 aromatic heterocycles. The van der Waals surface area contributed by atoms with Crippen molar-refractivity contribution < 1.29 is 28.8 Å². The molecule has 0 saturated heterocycles. The van der Waals surface area contributed by atoms with Crippen LogP contribution in [0.3, 0.4) is 0 Å². The van der Waals surface area contributed by atoms with Gasteiger partial charge in [-0.15, -0.1) is 0 Å². The number of imide groups is 1. The van der Waals surface area contributed by atoms with E-state index in [2.05, 4.69) is 4.74 Å². The first kappa shape index (κ1) is 20.6. The molecule has 0 bridgehead atoms. The zero-order chi connectivity index (χ0) is 23.0. The second-order valence-electron chi connectivity index (χ2n) is 6.88. The van der Waals surface area contributed by atoms with Crippen LogP contribution >= 0.6 is 0 Å². The van der Waals surface area contributed by atoms with Crippen molar-refractivity contribution in [2.45, 2.75) is 0 Å². The predicted molar refractivity (Wildman–Crippen MR) is 112 cm³/mol. The van der Waals surface area contributed by atoms with E-state index in [9.17, 15) is 29.3 Å². The molecule has 0 atom stereocenters. The second-order valence-corrected chi connectivity index (χ2v) is 6.88. The zero-order valence-electron chi connectivity index (χ0n) is 16.6. The summed E-state index contributed by atoms with van der Waals surface area (Å²) in [6, 6.07) is 15.2. The first-order chi connectivity index (χ1) is 15.3. The Morgan fingerprint density at radius 1 is 0.844 bits per heavy atom. The SMILES string of the molecule is COC(=O)c1cccc(N2C(=O)c3ccc(C(=O)c4cccc([N+](=O)[O-])c4)cc3C2=O)c1.